The summed E-state index contributed by atoms with van der Waals surface area (Å²) in [5.41, 5.74) is 2.05. The average Bonchev–Trinajstić information content (AvgIpc) is 3.39. The second-order valence-corrected chi connectivity index (χ2v) is 11.0. The zero-order valence-electron chi connectivity index (χ0n) is 22.6. The number of ether oxygens (including phenoxy) is 2. The molecule has 0 saturated heterocycles. The molecule has 0 unspecified atom stereocenters. The van der Waals surface area contributed by atoms with Crippen molar-refractivity contribution in [3.63, 3.8) is 0 Å². The fraction of sp³-hybridized carbons (Fsp3) is 0.393. The van der Waals surface area contributed by atoms with Crippen molar-refractivity contribution in [2.75, 3.05) is 26.9 Å². The number of rotatable bonds is 17. The monoisotopic (exact) mass is 539 g/mol. The molecule has 3 rings (SSSR count). The van der Waals surface area contributed by atoms with E-state index in [-0.39, 0.29) is 12.4 Å². The van der Waals surface area contributed by atoms with Gasteiger partial charge in [-0.1, -0.05) is 35.6 Å². The van der Waals surface area contributed by atoms with E-state index in [1.54, 1.807) is 30.0 Å². The molecule has 0 radical (unpaired) electrons. The zero-order valence-corrected chi connectivity index (χ0v) is 23.6. The van der Waals surface area contributed by atoms with Gasteiger partial charge in [0.1, 0.15) is 23.8 Å². The molecule has 3 aromatic rings. The molecule has 204 valence electrons. The third-order valence-corrected chi connectivity index (χ3v) is 8.77. The number of carbonyl (C=O) groups excluding carboxylic acids is 1. The Kier molecular flexibility index (Phi) is 11.7. The lowest BCUT2D eigenvalue weighted by Crippen LogP contribution is -2.46. The van der Waals surface area contributed by atoms with Crippen LogP contribution in [0.2, 0.25) is 6.04 Å². The minimum Gasteiger partial charge on any atom is -0.497 e. The number of ketones is 1. The standard InChI is InChI=1S/C28H37N3O6Si/c1-5-35-38(36-6-2,37-7-3)20-10-19-31-21-24(29-30-31)22-34-28-12-9-8-11-26(28)27(32)18-15-23-13-16-25(33-4)17-14-23/h8-9,11-18,21H,5-7,10,19-20,22H2,1-4H3/b18-15+. The molecule has 10 heteroatoms. The van der Waals surface area contributed by atoms with Gasteiger partial charge in [0.25, 0.3) is 0 Å². The van der Waals surface area contributed by atoms with Crippen molar-refractivity contribution in [3.05, 3.63) is 77.6 Å². The Morgan fingerprint density at radius 2 is 1.66 bits per heavy atom. The maximum absolute atomic E-state index is 12.9. The first kappa shape index (κ1) is 29.2. The van der Waals surface area contributed by atoms with Crippen molar-refractivity contribution in [2.45, 2.75) is 46.4 Å². The molecule has 0 spiro atoms. The van der Waals surface area contributed by atoms with Crippen LogP contribution in [0.4, 0.5) is 0 Å². The Morgan fingerprint density at radius 3 is 2.32 bits per heavy atom. The van der Waals surface area contributed by atoms with Crippen LogP contribution >= 0.6 is 0 Å². The summed E-state index contributed by atoms with van der Waals surface area (Å²) in [6.07, 6.45) is 5.94. The van der Waals surface area contributed by atoms with E-state index in [1.165, 1.54) is 6.08 Å². The van der Waals surface area contributed by atoms with Crippen molar-refractivity contribution in [2.24, 2.45) is 0 Å². The highest BCUT2D eigenvalue weighted by Crippen LogP contribution is 2.22. The third kappa shape index (κ3) is 8.62. The van der Waals surface area contributed by atoms with E-state index >= 15 is 0 Å². The average molecular weight is 540 g/mol. The Labute approximate surface area is 225 Å². The van der Waals surface area contributed by atoms with Gasteiger partial charge in [-0.05, 0) is 63.1 Å². The van der Waals surface area contributed by atoms with Gasteiger partial charge in [-0.3, -0.25) is 9.48 Å². The van der Waals surface area contributed by atoms with Crippen LogP contribution < -0.4 is 9.47 Å². The molecular formula is C28H37N3O6Si. The number of methoxy groups -OCH3 is 1. The molecule has 0 fully saturated rings. The number of hydrogen-bond donors (Lipinski definition) is 0. The SMILES string of the molecule is CCO[Si](CCCn1cc(COc2ccccc2C(=O)/C=C/c2ccc(OC)cc2)nn1)(OCC)OCC. The Hall–Kier alpha value is -3.31. The molecule has 0 atom stereocenters. The molecular weight excluding hydrogens is 502 g/mol. The molecule has 38 heavy (non-hydrogen) atoms. The van der Waals surface area contributed by atoms with E-state index < -0.39 is 8.80 Å². The van der Waals surface area contributed by atoms with Gasteiger partial charge in [-0.2, -0.15) is 0 Å². The number of aromatic nitrogens is 3. The first-order chi connectivity index (χ1) is 18.5. The summed E-state index contributed by atoms with van der Waals surface area (Å²) in [5, 5.41) is 8.43. The molecule has 0 saturated carbocycles. The van der Waals surface area contributed by atoms with Gasteiger partial charge in [-0.15, -0.1) is 5.10 Å². The van der Waals surface area contributed by atoms with Crippen molar-refractivity contribution in [1.82, 2.24) is 15.0 Å². The molecule has 0 aliphatic carbocycles. The summed E-state index contributed by atoms with van der Waals surface area (Å²) < 4.78 is 30.6. The van der Waals surface area contributed by atoms with Gasteiger partial charge in [0.15, 0.2) is 5.78 Å². The van der Waals surface area contributed by atoms with Crippen molar-refractivity contribution >= 4 is 20.7 Å². The topological polar surface area (TPSA) is 93.9 Å². The van der Waals surface area contributed by atoms with Gasteiger partial charge < -0.3 is 22.8 Å². The number of carbonyl (C=O) groups is 1. The maximum atomic E-state index is 12.9. The second kappa shape index (κ2) is 15.2. The van der Waals surface area contributed by atoms with Crippen LogP contribution in [-0.4, -0.2) is 56.5 Å². The van der Waals surface area contributed by atoms with Crippen molar-refractivity contribution < 1.29 is 27.5 Å². The fourth-order valence-electron chi connectivity index (χ4n) is 3.90. The Balaban J connectivity index is 1.56. The maximum Gasteiger partial charge on any atom is 0.500 e. The Morgan fingerprint density at radius 1 is 0.974 bits per heavy atom. The first-order valence-electron chi connectivity index (χ1n) is 12.9. The summed E-state index contributed by atoms with van der Waals surface area (Å²) in [6.45, 7) is 8.36. The number of para-hydroxylation sites is 1. The van der Waals surface area contributed by atoms with E-state index in [2.05, 4.69) is 10.3 Å². The van der Waals surface area contributed by atoms with Crippen LogP contribution in [0.5, 0.6) is 11.5 Å². The molecule has 0 N–H and O–H groups in total. The lowest BCUT2D eigenvalue weighted by molar-refractivity contribution is 0.0704. The molecule has 1 heterocycles. The highest BCUT2D eigenvalue weighted by molar-refractivity contribution is 6.60. The fourth-order valence-corrected chi connectivity index (χ4v) is 6.49. The van der Waals surface area contributed by atoms with Gasteiger partial charge >= 0.3 is 8.80 Å². The van der Waals surface area contributed by atoms with E-state index in [9.17, 15) is 4.79 Å². The summed E-state index contributed by atoms with van der Waals surface area (Å²) in [7, 11) is -1.06. The molecule has 0 amide bonds. The van der Waals surface area contributed by atoms with Crippen LogP contribution in [-0.2, 0) is 26.4 Å². The van der Waals surface area contributed by atoms with Crippen LogP contribution in [0.15, 0.2) is 60.8 Å². The minimum absolute atomic E-state index is 0.148. The smallest absolute Gasteiger partial charge is 0.497 e. The molecule has 2 aromatic carbocycles. The third-order valence-electron chi connectivity index (χ3n) is 5.62. The molecule has 9 nitrogen and oxygen atoms in total. The predicted octanol–water partition coefficient (Wildman–Crippen LogP) is 5.20. The van der Waals surface area contributed by atoms with Crippen molar-refractivity contribution in [3.8, 4) is 11.5 Å². The van der Waals surface area contributed by atoms with Gasteiger partial charge in [0, 0.05) is 32.4 Å². The largest absolute Gasteiger partial charge is 0.500 e. The van der Waals surface area contributed by atoms with Crippen molar-refractivity contribution in [1.29, 1.82) is 0 Å². The number of allylic oxidation sites excluding steroid dienone is 1. The lowest BCUT2D eigenvalue weighted by atomic mass is 10.1. The quantitative estimate of drug-likeness (QED) is 0.131. The van der Waals surface area contributed by atoms with Gasteiger partial charge in [-0.25, -0.2) is 0 Å². The van der Waals surface area contributed by atoms with Crippen LogP contribution in [0, 0.1) is 0 Å². The Bertz CT molecular complexity index is 1150. The van der Waals surface area contributed by atoms with Gasteiger partial charge in [0.2, 0.25) is 0 Å². The molecule has 0 aliphatic rings. The number of benzene rings is 2. The highest BCUT2D eigenvalue weighted by atomic mass is 28.4. The predicted molar refractivity (Wildman–Crippen MR) is 147 cm³/mol. The van der Waals surface area contributed by atoms with Crippen LogP contribution in [0.3, 0.4) is 0 Å². The number of aryl methyl sites for hydroxylation is 1. The summed E-state index contributed by atoms with van der Waals surface area (Å²) in [5.74, 6) is 1.11. The first-order valence-corrected chi connectivity index (χ1v) is 14.8. The van der Waals surface area contributed by atoms with Gasteiger partial charge in [0.05, 0.1) is 18.9 Å². The molecule has 1 aromatic heterocycles. The van der Waals surface area contributed by atoms with E-state index in [0.29, 0.717) is 49.4 Å². The molecule has 0 aliphatic heterocycles. The van der Waals surface area contributed by atoms with E-state index in [1.807, 2.05) is 63.4 Å². The van der Waals surface area contributed by atoms with Crippen LogP contribution in [0.1, 0.15) is 48.8 Å². The normalized spacial score (nSPS) is 11.7. The summed E-state index contributed by atoms with van der Waals surface area (Å²) in [4.78, 5) is 12.9. The summed E-state index contributed by atoms with van der Waals surface area (Å²) in [6, 6.07) is 15.4. The molecule has 0 bridgehead atoms. The van der Waals surface area contributed by atoms with E-state index in [4.69, 9.17) is 22.8 Å². The van der Waals surface area contributed by atoms with E-state index in [0.717, 1.165) is 17.7 Å². The number of hydrogen-bond acceptors (Lipinski definition) is 8. The minimum atomic E-state index is -2.68. The second-order valence-electron chi connectivity index (χ2n) is 8.31. The zero-order chi connectivity index (χ0) is 27.2. The lowest BCUT2D eigenvalue weighted by Gasteiger charge is -2.28. The highest BCUT2D eigenvalue weighted by Gasteiger charge is 2.39. The number of nitrogens with zero attached hydrogens (tertiary/aromatic N) is 3. The van der Waals surface area contributed by atoms with Crippen LogP contribution in [0.25, 0.3) is 6.08 Å². The summed E-state index contributed by atoms with van der Waals surface area (Å²) >= 11 is 0.